The number of likely N-dealkylation sites (N-methyl/N-ethyl adjacent to an activating group) is 1. The minimum absolute atomic E-state index is 0.217. The zero-order chi connectivity index (χ0) is 24.1. The van der Waals surface area contributed by atoms with Gasteiger partial charge in [0.2, 0.25) is 6.29 Å². The van der Waals surface area contributed by atoms with Gasteiger partial charge in [-0.2, -0.15) is 0 Å². The molecule has 0 N–H and O–H groups in total. The van der Waals surface area contributed by atoms with E-state index in [0.29, 0.717) is 10.9 Å². The van der Waals surface area contributed by atoms with Crippen LogP contribution in [0.1, 0.15) is 76.8 Å². The lowest BCUT2D eigenvalue weighted by atomic mass is 10.0. The van der Waals surface area contributed by atoms with Gasteiger partial charge in [0.05, 0.1) is 14.1 Å². The van der Waals surface area contributed by atoms with Crippen LogP contribution < -0.4 is 4.74 Å². The molecule has 0 aliphatic carbocycles. The fraction of sp³-hybridized carbons (Fsp3) is 0.552. The van der Waals surface area contributed by atoms with Gasteiger partial charge < -0.3 is 14.0 Å². The Bertz CT molecular complexity index is 801. The van der Waals surface area contributed by atoms with Crippen LogP contribution in [0.2, 0.25) is 0 Å². The van der Waals surface area contributed by atoms with Crippen molar-refractivity contribution < 1.29 is 18.8 Å². The van der Waals surface area contributed by atoms with E-state index < -0.39 is 6.29 Å². The summed E-state index contributed by atoms with van der Waals surface area (Å²) in [6, 6.07) is 18.2. The Hall–Kier alpha value is -2.33. The zero-order valence-corrected chi connectivity index (χ0v) is 21.4. The van der Waals surface area contributed by atoms with E-state index in [4.69, 9.17) is 9.47 Å². The van der Waals surface area contributed by atoms with Gasteiger partial charge in [0, 0.05) is 18.9 Å². The summed E-state index contributed by atoms with van der Waals surface area (Å²) in [7, 11) is 4.16. The normalized spacial score (nSPS) is 13.4. The molecule has 2 aromatic rings. The zero-order valence-electron chi connectivity index (χ0n) is 21.4. The lowest BCUT2D eigenvalue weighted by Crippen LogP contribution is -2.53. The molecule has 4 nitrogen and oxygen atoms in total. The topological polar surface area (TPSA) is 35.5 Å². The van der Waals surface area contributed by atoms with E-state index >= 15 is 0 Å². The molecule has 0 radical (unpaired) electrons. The van der Waals surface area contributed by atoms with Crippen molar-refractivity contribution in [3.05, 3.63) is 65.7 Å². The summed E-state index contributed by atoms with van der Waals surface area (Å²) in [5.41, 5.74) is 2.53. The summed E-state index contributed by atoms with van der Waals surface area (Å²) in [5.74, 6) is 0.513. The molecule has 0 aliphatic rings. The first-order valence-corrected chi connectivity index (χ1v) is 12.7. The number of ether oxygens (including phenoxy) is 2. The Kier molecular flexibility index (Phi) is 11.5. The number of hydrogen-bond donors (Lipinski definition) is 0. The van der Waals surface area contributed by atoms with E-state index in [1.54, 1.807) is 6.92 Å². The quantitative estimate of drug-likeness (QED) is 0.127. The minimum atomic E-state index is -0.632. The van der Waals surface area contributed by atoms with E-state index in [1.807, 2.05) is 37.3 Å². The number of rotatable bonds is 15. The average molecular weight is 455 g/mol. The summed E-state index contributed by atoms with van der Waals surface area (Å²) in [5, 5.41) is 0. The summed E-state index contributed by atoms with van der Waals surface area (Å²) < 4.78 is 12.1. The number of aryl methyl sites for hydroxylation is 1. The maximum absolute atomic E-state index is 13.0. The number of hydrogen-bond acceptors (Lipinski definition) is 3. The van der Waals surface area contributed by atoms with E-state index in [0.717, 1.165) is 18.7 Å². The number of carbonyl (C=O) groups is 1. The van der Waals surface area contributed by atoms with Gasteiger partial charge in [-0.1, -0.05) is 88.4 Å². The Morgan fingerprint density at radius 3 is 2.12 bits per heavy atom. The highest BCUT2D eigenvalue weighted by Crippen LogP contribution is 2.20. The molecular formula is C29H44NO3+. The van der Waals surface area contributed by atoms with Crippen molar-refractivity contribution in [1.29, 1.82) is 0 Å². The van der Waals surface area contributed by atoms with Gasteiger partial charge in [0.15, 0.2) is 6.04 Å². The first kappa shape index (κ1) is 26.9. The molecule has 2 atom stereocenters. The first-order chi connectivity index (χ1) is 15.9. The van der Waals surface area contributed by atoms with Gasteiger partial charge in [-0.25, -0.2) is 4.79 Å². The van der Waals surface area contributed by atoms with Gasteiger partial charge in [0.1, 0.15) is 12.3 Å². The van der Waals surface area contributed by atoms with Crippen molar-refractivity contribution in [2.45, 2.75) is 91.0 Å². The fourth-order valence-corrected chi connectivity index (χ4v) is 4.41. The number of benzene rings is 2. The van der Waals surface area contributed by atoms with E-state index in [1.165, 1.54) is 49.7 Å². The van der Waals surface area contributed by atoms with Crippen molar-refractivity contribution in [3.8, 4) is 5.75 Å². The molecule has 0 aliphatic heterocycles. The number of carbonyl (C=O) groups excluding carboxylic acids is 1. The molecule has 0 spiro atoms. The standard InChI is InChI=1S/C29H44NO3/c1-6-8-9-10-11-13-16-25-19-21-27(22-20-25)32-24(3)33-29(31)28(7-2)30(4,5)23-26-17-14-12-15-18-26/h12,14-15,17-22,24,28H,6-11,13,16,23H2,1-5H3/q+1. The number of unbranched alkanes of at least 4 members (excludes halogenated alkanes) is 5. The van der Waals surface area contributed by atoms with E-state index in [9.17, 15) is 4.79 Å². The lowest BCUT2D eigenvalue weighted by molar-refractivity contribution is -0.919. The molecule has 2 unspecified atom stereocenters. The van der Waals surface area contributed by atoms with E-state index in [-0.39, 0.29) is 12.0 Å². The van der Waals surface area contributed by atoms with Crippen LogP contribution in [-0.4, -0.2) is 36.9 Å². The monoisotopic (exact) mass is 454 g/mol. The number of quaternary nitrogens is 1. The van der Waals surface area contributed by atoms with Gasteiger partial charge >= 0.3 is 5.97 Å². The van der Waals surface area contributed by atoms with Crippen molar-refractivity contribution in [3.63, 3.8) is 0 Å². The predicted molar refractivity (Wildman–Crippen MR) is 136 cm³/mol. The van der Waals surface area contributed by atoms with Crippen LogP contribution in [0, 0.1) is 0 Å². The summed E-state index contributed by atoms with van der Waals surface area (Å²) in [6.45, 7) is 6.83. The Morgan fingerprint density at radius 2 is 1.48 bits per heavy atom. The van der Waals surface area contributed by atoms with Crippen LogP contribution in [0.25, 0.3) is 0 Å². The SMILES string of the molecule is CCCCCCCCc1ccc(OC(C)OC(=O)C(CC)[N+](C)(C)Cc2ccccc2)cc1. The lowest BCUT2D eigenvalue weighted by Gasteiger charge is -2.36. The summed E-state index contributed by atoms with van der Waals surface area (Å²) in [4.78, 5) is 13.0. The third-order valence-corrected chi connectivity index (χ3v) is 6.26. The second-order valence-electron chi connectivity index (χ2n) is 9.63. The molecule has 0 saturated heterocycles. The smallest absolute Gasteiger partial charge is 0.368 e. The third kappa shape index (κ3) is 9.59. The average Bonchev–Trinajstić information content (AvgIpc) is 2.77. The Balaban J connectivity index is 1.82. The van der Waals surface area contributed by atoms with Gasteiger partial charge in [-0.15, -0.1) is 0 Å². The molecule has 0 fully saturated rings. The second-order valence-corrected chi connectivity index (χ2v) is 9.63. The highest BCUT2D eigenvalue weighted by atomic mass is 16.7. The van der Waals surface area contributed by atoms with Gasteiger partial charge in [0.25, 0.3) is 0 Å². The largest absolute Gasteiger partial charge is 0.455 e. The highest BCUT2D eigenvalue weighted by molar-refractivity contribution is 5.74. The second kappa shape index (κ2) is 14.0. The minimum Gasteiger partial charge on any atom is -0.455 e. The maximum atomic E-state index is 13.0. The van der Waals surface area contributed by atoms with Crippen LogP contribution in [0.15, 0.2) is 54.6 Å². The van der Waals surface area contributed by atoms with Gasteiger partial charge in [-0.05, 0) is 30.5 Å². The van der Waals surface area contributed by atoms with Crippen LogP contribution in [0.5, 0.6) is 5.75 Å². The fourth-order valence-electron chi connectivity index (χ4n) is 4.41. The van der Waals surface area contributed by atoms with Crippen LogP contribution in [0.4, 0.5) is 0 Å². The third-order valence-electron chi connectivity index (χ3n) is 6.26. The molecule has 182 valence electrons. The van der Waals surface area contributed by atoms with Crippen molar-refractivity contribution in [1.82, 2.24) is 0 Å². The maximum Gasteiger partial charge on any atom is 0.368 e. The molecule has 0 amide bonds. The molecule has 2 rings (SSSR count). The Labute approximate surface area is 201 Å². The van der Waals surface area contributed by atoms with Crippen molar-refractivity contribution in [2.75, 3.05) is 14.1 Å². The highest BCUT2D eigenvalue weighted by Gasteiger charge is 2.36. The molecule has 0 bridgehead atoms. The predicted octanol–water partition coefficient (Wildman–Crippen LogP) is 6.91. The van der Waals surface area contributed by atoms with Crippen molar-refractivity contribution in [2.24, 2.45) is 0 Å². The van der Waals surface area contributed by atoms with E-state index in [2.05, 4.69) is 45.3 Å². The number of nitrogens with zero attached hydrogens (tertiary/aromatic N) is 1. The van der Waals surface area contributed by atoms with Crippen molar-refractivity contribution >= 4 is 5.97 Å². The van der Waals surface area contributed by atoms with Gasteiger partial charge in [-0.3, -0.25) is 0 Å². The summed E-state index contributed by atoms with van der Waals surface area (Å²) >= 11 is 0. The molecule has 2 aromatic carbocycles. The van der Waals surface area contributed by atoms with Crippen LogP contribution in [-0.2, 0) is 22.5 Å². The first-order valence-electron chi connectivity index (χ1n) is 12.7. The molecule has 33 heavy (non-hydrogen) atoms. The van der Waals surface area contributed by atoms with Crippen LogP contribution in [0.3, 0.4) is 0 Å². The molecular weight excluding hydrogens is 410 g/mol. The molecule has 0 saturated carbocycles. The number of esters is 1. The molecule has 0 heterocycles. The summed E-state index contributed by atoms with van der Waals surface area (Å²) in [6.07, 6.45) is 9.01. The van der Waals surface area contributed by atoms with Crippen LogP contribution >= 0.6 is 0 Å². The molecule has 0 aromatic heterocycles. The Morgan fingerprint density at radius 1 is 0.848 bits per heavy atom. The molecule has 4 heteroatoms.